The maximum atomic E-state index is 15.1. The number of carbonyl (C=O) groups excluding carboxylic acids is 2. The van der Waals surface area contributed by atoms with Gasteiger partial charge in [-0.3, -0.25) is 4.90 Å². The molecular weight excluding hydrogens is 503 g/mol. The highest BCUT2D eigenvalue weighted by atomic mass is 19.1. The molecule has 3 heterocycles. The third-order valence-electron chi connectivity index (χ3n) is 6.94. The van der Waals surface area contributed by atoms with Crippen LogP contribution in [0.2, 0.25) is 0 Å². The molecule has 2 aromatic carbocycles. The predicted octanol–water partition coefficient (Wildman–Crippen LogP) is 5.30. The van der Waals surface area contributed by atoms with Gasteiger partial charge in [-0.05, 0) is 51.1 Å². The Hall–Kier alpha value is -4.15. The number of amides is 2. The van der Waals surface area contributed by atoms with E-state index in [1.54, 1.807) is 53.1 Å². The second-order valence-corrected chi connectivity index (χ2v) is 11.2. The quantitative estimate of drug-likeness (QED) is 0.479. The summed E-state index contributed by atoms with van der Waals surface area (Å²) in [5.74, 6) is 0.0257. The van der Waals surface area contributed by atoms with E-state index in [0.717, 1.165) is 0 Å². The highest BCUT2D eigenvalue weighted by molar-refractivity contribution is 5.97. The molecule has 10 nitrogen and oxygen atoms in total. The van der Waals surface area contributed by atoms with E-state index in [0.29, 0.717) is 60.6 Å². The number of ether oxygens (including phenoxy) is 2. The van der Waals surface area contributed by atoms with Crippen LogP contribution >= 0.6 is 0 Å². The Morgan fingerprint density at radius 3 is 2.59 bits per heavy atom. The van der Waals surface area contributed by atoms with Gasteiger partial charge in [-0.25, -0.2) is 23.9 Å². The van der Waals surface area contributed by atoms with Crippen molar-refractivity contribution in [1.29, 1.82) is 0 Å². The third kappa shape index (κ3) is 5.39. The highest BCUT2D eigenvalue weighted by Crippen LogP contribution is 2.38. The standard InChI is InChI=1S/C28H33FN6O4/c1-27(2,3)38-25(36)34-13-11-28(12-14-34)16-35(26(37)39-28)18-9-10-20-19(15-18)24(31-17-30-20)32-21-7-6-8-22(23(21)29)33(4)5/h6-10,15,17H,11-14,16H2,1-5H3,(H,30,31,32). The number of halogens is 1. The van der Waals surface area contributed by atoms with Crippen molar-refractivity contribution >= 4 is 46.0 Å². The monoisotopic (exact) mass is 536 g/mol. The van der Waals surface area contributed by atoms with Crippen molar-refractivity contribution in [3.05, 3.63) is 48.5 Å². The Labute approximate surface area is 226 Å². The van der Waals surface area contributed by atoms with Crippen LogP contribution in [0.25, 0.3) is 10.9 Å². The molecule has 11 heteroatoms. The Kier molecular flexibility index (Phi) is 6.69. The summed E-state index contributed by atoms with van der Waals surface area (Å²) in [6.45, 7) is 6.73. The maximum Gasteiger partial charge on any atom is 0.415 e. The van der Waals surface area contributed by atoms with Crippen LogP contribution in [0.5, 0.6) is 0 Å². The number of fused-ring (bicyclic) bond motifs is 1. The van der Waals surface area contributed by atoms with Crippen LogP contribution in [0, 0.1) is 5.82 Å². The molecule has 2 fully saturated rings. The minimum atomic E-state index is -0.686. The van der Waals surface area contributed by atoms with E-state index in [4.69, 9.17) is 9.47 Å². The first kappa shape index (κ1) is 26.5. The molecule has 2 amide bonds. The zero-order valence-corrected chi connectivity index (χ0v) is 22.8. The number of nitrogens with zero attached hydrogens (tertiary/aromatic N) is 5. The molecule has 0 radical (unpaired) electrons. The van der Waals surface area contributed by atoms with Crippen molar-refractivity contribution in [3.8, 4) is 0 Å². The van der Waals surface area contributed by atoms with Crippen molar-refractivity contribution in [2.45, 2.75) is 44.8 Å². The third-order valence-corrected chi connectivity index (χ3v) is 6.94. The molecule has 1 aromatic heterocycles. The van der Waals surface area contributed by atoms with Crippen LogP contribution in [0.15, 0.2) is 42.7 Å². The number of carbonyl (C=O) groups is 2. The van der Waals surface area contributed by atoms with Gasteiger partial charge in [0.2, 0.25) is 0 Å². The second-order valence-electron chi connectivity index (χ2n) is 11.2. The maximum absolute atomic E-state index is 15.1. The topological polar surface area (TPSA) is 100 Å². The molecule has 2 aliphatic heterocycles. The van der Waals surface area contributed by atoms with Crippen molar-refractivity contribution in [2.24, 2.45) is 0 Å². The molecule has 0 saturated carbocycles. The van der Waals surface area contributed by atoms with E-state index in [2.05, 4.69) is 15.3 Å². The zero-order chi connectivity index (χ0) is 27.9. The van der Waals surface area contributed by atoms with Gasteiger partial charge in [0.25, 0.3) is 0 Å². The number of benzene rings is 2. The van der Waals surface area contributed by atoms with E-state index in [1.807, 2.05) is 32.9 Å². The summed E-state index contributed by atoms with van der Waals surface area (Å²) in [6.07, 6.45) is 1.63. The summed E-state index contributed by atoms with van der Waals surface area (Å²) in [6, 6.07) is 10.5. The first-order valence-electron chi connectivity index (χ1n) is 12.9. The average Bonchev–Trinajstić information content (AvgIpc) is 3.19. The van der Waals surface area contributed by atoms with Crippen LogP contribution in [-0.4, -0.2) is 72.0 Å². The van der Waals surface area contributed by atoms with Crippen molar-refractivity contribution < 1.29 is 23.5 Å². The van der Waals surface area contributed by atoms with Crippen LogP contribution < -0.4 is 15.1 Å². The molecule has 206 valence electrons. The summed E-state index contributed by atoms with van der Waals surface area (Å²) < 4.78 is 26.5. The molecule has 0 atom stereocenters. The van der Waals surface area contributed by atoms with Gasteiger partial charge in [0, 0.05) is 51.1 Å². The lowest BCUT2D eigenvalue weighted by molar-refractivity contribution is -0.0167. The van der Waals surface area contributed by atoms with Gasteiger partial charge in [0.1, 0.15) is 23.3 Å². The summed E-state index contributed by atoms with van der Waals surface area (Å²) in [5, 5.41) is 3.73. The fraction of sp³-hybridized carbons (Fsp3) is 0.429. The molecule has 0 unspecified atom stereocenters. The molecule has 5 rings (SSSR count). The molecule has 3 aromatic rings. The fourth-order valence-corrected chi connectivity index (χ4v) is 4.91. The molecule has 39 heavy (non-hydrogen) atoms. The molecular formula is C28H33FN6O4. The number of rotatable bonds is 4. The van der Waals surface area contributed by atoms with Gasteiger partial charge in [-0.1, -0.05) is 6.07 Å². The molecule has 0 aliphatic carbocycles. The normalized spacial score (nSPS) is 16.9. The average molecular weight is 537 g/mol. The number of piperidine rings is 1. The van der Waals surface area contributed by atoms with Gasteiger partial charge in [0.15, 0.2) is 5.82 Å². The number of nitrogens with one attached hydrogen (secondary N) is 1. The fourth-order valence-electron chi connectivity index (χ4n) is 4.91. The van der Waals surface area contributed by atoms with Crippen molar-refractivity contribution in [1.82, 2.24) is 14.9 Å². The lowest BCUT2D eigenvalue weighted by Crippen LogP contribution is -2.49. The Morgan fingerprint density at radius 2 is 1.90 bits per heavy atom. The van der Waals surface area contributed by atoms with E-state index in [9.17, 15) is 9.59 Å². The van der Waals surface area contributed by atoms with Crippen LogP contribution in [0.1, 0.15) is 33.6 Å². The summed E-state index contributed by atoms with van der Waals surface area (Å²) >= 11 is 0. The van der Waals surface area contributed by atoms with Crippen LogP contribution in [-0.2, 0) is 9.47 Å². The number of aromatic nitrogens is 2. The lowest BCUT2D eigenvalue weighted by atomic mass is 9.91. The van der Waals surface area contributed by atoms with Gasteiger partial charge in [0.05, 0.1) is 23.4 Å². The van der Waals surface area contributed by atoms with Crippen molar-refractivity contribution in [3.63, 3.8) is 0 Å². The Morgan fingerprint density at radius 1 is 1.15 bits per heavy atom. The minimum Gasteiger partial charge on any atom is -0.444 e. The zero-order valence-electron chi connectivity index (χ0n) is 22.8. The van der Waals surface area contributed by atoms with Crippen LogP contribution in [0.4, 0.5) is 36.9 Å². The molecule has 0 bridgehead atoms. The van der Waals surface area contributed by atoms with E-state index >= 15 is 4.39 Å². The Bertz CT molecular complexity index is 1410. The molecule has 1 N–H and O–H groups in total. The van der Waals surface area contributed by atoms with E-state index in [-0.39, 0.29) is 11.8 Å². The summed E-state index contributed by atoms with van der Waals surface area (Å²) in [7, 11) is 3.55. The van der Waals surface area contributed by atoms with E-state index < -0.39 is 23.1 Å². The summed E-state index contributed by atoms with van der Waals surface area (Å²) in [5.41, 5.74) is 0.740. The van der Waals surface area contributed by atoms with Gasteiger partial charge >= 0.3 is 12.2 Å². The smallest absolute Gasteiger partial charge is 0.415 e. The van der Waals surface area contributed by atoms with E-state index in [1.165, 1.54) is 6.33 Å². The highest BCUT2D eigenvalue weighted by Gasteiger charge is 2.48. The predicted molar refractivity (Wildman–Crippen MR) is 147 cm³/mol. The largest absolute Gasteiger partial charge is 0.444 e. The first-order valence-corrected chi connectivity index (χ1v) is 12.9. The number of anilines is 4. The lowest BCUT2D eigenvalue weighted by Gasteiger charge is -2.37. The molecule has 2 aliphatic rings. The van der Waals surface area contributed by atoms with Crippen LogP contribution in [0.3, 0.4) is 0 Å². The van der Waals surface area contributed by atoms with Gasteiger partial charge < -0.3 is 24.6 Å². The molecule has 1 spiro atoms. The SMILES string of the molecule is CN(C)c1cccc(Nc2ncnc3ccc(N4CC5(CCN(C(=O)OC(C)(C)C)CC5)OC4=O)cc23)c1F. The van der Waals surface area contributed by atoms with Gasteiger partial charge in [-0.2, -0.15) is 0 Å². The molecule has 2 saturated heterocycles. The summed E-state index contributed by atoms with van der Waals surface area (Å²) in [4.78, 5) is 39.1. The number of hydrogen-bond donors (Lipinski definition) is 1. The van der Waals surface area contributed by atoms with Crippen molar-refractivity contribution in [2.75, 3.05) is 48.8 Å². The second kappa shape index (κ2) is 9.87. The number of likely N-dealkylation sites (tertiary alicyclic amines) is 1. The first-order chi connectivity index (χ1) is 18.4. The minimum absolute atomic E-state index is 0.280. The number of hydrogen-bond acceptors (Lipinski definition) is 8. The Balaban J connectivity index is 1.36. The van der Waals surface area contributed by atoms with Gasteiger partial charge in [-0.15, -0.1) is 0 Å².